The van der Waals surface area contributed by atoms with E-state index >= 15 is 0 Å². The first-order valence-electron chi connectivity index (χ1n) is 0. The summed E-state index contributed by atoms with van der Waals surface area (Å²) >= 11 is 0. The van der Waals surface area contributed by atoms with E-state index in [0.29, 0.717) is 0 Å². The van der Waals surface area contributed by atoms with Crippen molar-refractivity contribution in [2.45, 2.75) is 0 Å². The van der Waals surface area contributed by atoms with E-state index in [9.17, 15) is 0 Å². The molecule has 0 amide bonds. The van der Waals surface area contributed by atoms with Crippen LogP contribution in [0.2, 0.25) is 0 Å². The molecule has 111 radical (unpaired) electrons. The molecule has 0 saturated heterocycles. The summed E-state index contributed by atoms with van der Waals surface area (Å²) in [6, 6.07) is 0. The normalized spacial score (nSPS) is 0. The molecule has 111 heavy (non-hydrogen) atoms. The quantitative estimate of drug-likeness (QED) is 0.314. The van der Waals surface area contributed by atoms with Crippen LogP contribution in [0.15, 0.2) is 0 Å². The Hall–Kier alpha value is 64.9. The number of hydrogen-bond acceptors (Lipinski definition) is 0. The van der Waals surface area contributed by atoms with E-state index < -0.39 is 0 Å². The maximum absolute atomic E-state index is 0. The summed E-state index contributed by atoms with van der Waals surface area (Å²) in [5.41, 5.74) is 0. The molecule has 111 heteroatoms. The van der Waals surface area contributed by atoms with Gasteiger partial charge in [0.15, 0.2) is 0 Å². The van der Waals surface area contributed by atoms with Gasteiger partial charge in [-0.2, -0.15) is 0 Å². The monoisotopic (exact) mass is 5650 g/mol. The van der Waals surface area contributed by atoms with E-state index in [1.807, 2.05) is 0 Å². The van der Waals surface area contributed by atoms with Crippen LogP contribution in [-0.2, 0) is 2060 Å². The van der Waals surface area contributed by atoms with E-state index in [2.05, 4.69) is 0 Å². The zero-order valence-corrected chi connectivity index (χ0v) is 205. The van der Waals surface area contributed by atoms with Gasteiger partial charge in [-0.3, -0.25) is 0 Å². The molecule has 0 saturated carbocycles. The first-order chi connectivity index (χ1) is 0. The smallest absolute Gasteiger partial charge is 0 e. The Morgan fingerprint density at radius 1 is 0.00901 bits per heavy atom. The fraction of sp³-hybridized carbons (Fsp3) is 0. The molecule has 0 aromatic heterocycles. The van der Waals surface area contributed by atoms with Crippen molar-refractivity contribution in [3.63, 3.8) is 0 Å². The van der Waals surface area contributed by atoms with E-state index in [4.69, 9.17) is 0 Å². The third-order valence-corrected chi connectivity index (χ3v) is 0. The van der Waals surface area contributed by atoms with Gasteiger partial charge in [-0.1, -0.05) is 0 Å². The molecular weight excluding hydrogens is 5650 g/mol. The molecule has 555 valence electrons. The Morgan fingerprint density at radius 2 is 0.00901 bits per heavy atom. The van der Waals surface area contributed by atoms with E-state index in [1.165, 1.54) is 0 Å². The van der Waals surface area contributed by atoms with E-state index in [-0.39, 0.29) is 2060 Å². The van der Waals surface area contributed by atoms with Crippen molar-refractivity contribution in [3.05, 3.63) is 0 Å². The molecule has 0 aliphatic heterocycles. The molecule has 0 aliphatic carbocycles. The largest absolute Gasteiger partial charge is 0 e. The van der Waals surface area contributed by atoms with Gasteiger partial charge >= 0.3 is 0 Å². The third kappa shape index (κ3) is 1240. The number of hydrogen-bond donors (Lipinski definition) is 0. The van der Waals surface area contributed by atoms with Crippen LogP contribution in [0.3, 0.4) is 0 Å². The first kappa shape index (κ1) is 1280. The molecule has 0 aromatic rings. The molecule has 0 bridgehead atoms. The van der Waals surface area contributed by atoms with Crippen molar-refractivity contribution in [2.75, 3.05) is 0 Å². The van der Waals surface area contributed by atoms with Crippen molar-refractivity contribution in [1.82, 2.24) is 0 Å². The van der Waals surface area contributed by atoms with Crippen LogP contribution < -0.4 is 0 Å². The second-order valence-electron chi connectivity index (χ2n) is 0. The van der Waals surface area contributed by atoms with Gasteiger partial charge in [0.05, 0.1) is 0 Å². The standard InChI is InChI=1S/111V. The molecule has 0 rings (SSSR count). The van der Waals surface area contributed by atoms with Crippen molar-refractivity contribution < 1.29 is 2060 Å². The molecule has 0 spiro atoms. The second-order valence-corrected chi connectivity index (χ2v) is 0. The van der Waals surface area contributed by atoms with Gasteiger partial charge < -0.3 is 0 Å². The van der Waals surface area contributed by atoms with Gasteiger partial charge in [-0.25, -0.2) is 0 Å². The zero-order chi connectivity index (χ0) is 0. The van der Waals surface area contributed by atoms with Crippen LogP contribution in [0.4, 0.5) is 0 Å². The average Bonchev–Trinajstić information content (AvgIpc) is 0. The molecular formula is V111. The van der Waals surface area contributed by atoms with Crippen LogP contribution in [0, 0.1) is 0 Å². The Kier molecular flexibility index (Phi) is 14500. The van der Waals surface area contributed by atoms with Gasteiger partial charge in [0, 0.05) is 2060 Å². The molecule has 0 nitrogen and oxygen atoms in total. The van der Waals surface area contributed by atoms with Gasteiger partial charge in [-0.15, -0.1) is 0 Å². The number of rotatable bonds is 0. The average molecular weight is 5650 g/mol. The molecule has 0 heterocycles. The van der Waals surface area contributed by atoms with E-state index in [0.717, 1.165) is 0 Å². The Bertz CT molecular complexity index is 0. The minimum absolute atomic E-state index is 0. The topological polar surface area (TPSA) is 0 Å². The molecule has 0 fully saturated rings. The van der Waals surface area contributed by atoms with Crippen molar-refractivity contribution in [2.24, 2.45) is 0 Å². The minimum atomic E-state index is 0. The summed E-state index contributed by atoms with van der Waals surface area (Å²) in [7, 11) is 0. The molecule has 0 unspecified atom stereocenters. The summed E-state index contributed by atoms with van der Waals surface area (Å²) in [6.45, 7) is 0. The molecule has 0 aliphatic rings. The van der Waals surface area contributed by atoms with Crippen molar-refractivity contribution in [1.29, 1.82) is 0 Å². The molecule has 0 N–H and O–H groups in total. The van der Waals surface area contributed by atoms with Crippen LogP contribution in [0.1, 0.15) is 0 Å². The fourth-order valence-electron chi connectivity index (χ4n) is 0. The first-order valence-corrected chi connectivity index (χ1v) is 0. The fourth-order valence-corrected chi connectivity index (χ4v) is 0. The zero-order valence-electron chi connectivity index (χ0n) is 49.6. The Balaban J connectivity index is 0. The van der Waals surface area contributed by atoms with Gasteiger partial charge in [-0.05, 0) is 0 Å². The van der Waals surface area contributed by atoms with Crippen LogP contribution in [0.25, 0.3) is 0 Å². The summed E-state index contributed by atoms with van der Waals surface area (Å²) in [6.07, 6.45) is 0. The van der Waals surface area contributed by atoms with Crippen molar-refractivity contribution in [3.8, 4) is 0 Å². The maximum Gasteiger partial charge on any atom is 0 e. The minimum Gasteiger partial charge on any atom is 0 e. The predicted molar refractivity (Wildman–Crippen MR) is 0 cm³/mol. The van der Waals surface area contributed by atoms with Crippen molar-refractivity contribution >= 4 is 0 Å². The van der Waals surface area contributed by atoms with Crippen LogP contribution in [-0.4, -0.2) is 0 Å². The van der Waals surface area contributed by atoms with Crippen LogP contribution in [0.5, 0.6) is 0 Å². The summed E-state index contributed by atoms with van der Waals surface area (Å²) in [4.78, 5) is 0. The van der Waals surface area contributed by atoms with Crippen LogP contribution >= 0.6 is 0 Å². The SMILES string of the molecule is [V].[V].[V].[V].[V].[V].[V].[V].[V].[V].[V].[V].[V].[V].[V].[V].[V].[V].[V].[V].[V].[V].[V].[V].[V].[V].[V].[V].[V].[V].[V].[V].[V].[V].[V].[V].[V].[V].[V].[V].[V].[V].[V].[V].[V].[V].[V].[V].[V].[V].[V].[V].[V].[V].[V].[V].[V].[V].[V].[V].[V].[V].[V].[V].[V].[V].[V].[V].[V].[V].[V].[V].[V].[V].[V].[V].[V].[V].[V].[V].[V].[V].[V].[V].[V].[V].[V].[V].[V].[V].[V].[V].[V].[V].[V].[V].[V].[V].[V].[V].[V].[V].[V].[V].[V].[V].[V].[V].[V].[V].[V]. The summed E-state index contributed by atoms with van der Waals surface area (Å²) < 4.78 is 0. The van der Waals surface area contributed by atoms with Gasteiger partial charge in [0.2, 0.25) is 0 Å². The van der Waals surface area contributed by atoms with Gasteiger partial charge in [0.25, 0.3) is 0 Å². The summed E-state index contributed by atoms with van der Waals surface area (Å²) in [5, 5.41) is 0. The molecule has 0 aromatic carbocycles. The third-order valence-electron chi connectivity index (χ3n) is 0. The molecule has 0 atom stereocenters. The van der Waals surface area contributed by atoms with E-state index in [1.54, 1.807) is 0 Å². The maximum atomic E-state index is 0. The predicted octanol–water partition coefficient (Wildman–Crippen LogP) is -0.278. The second kappa shape index (κ2) is 1260. The Labute approximate surface area is 2000 Å². The Morgan fingerprint density at radius 3 is 0.00901 bits per heavy atom. The summed E-state index contributed by atoms with van der Waals surface area (Å²) in [5.74, 6) is 0. The van der Waals surface area contributed by atoms with Gasteiger partial charge in [0.1, 0.15) is 0 Å².